The minimum absolute atomic E-state index is 0.159. The van der Waals surface area contributed by atoms with Gasteiger partial charge in [0.15, 0.2) is 0 Å². The number of nitrogens with zero attached hydrogens (tertiary/aromatic N) is 3. The third-order valence-electron chi connectivity index (χ3n) is 4.16. The monoisotopic (exact) mass is 375 g/mol. The Hall–Kier alpha value is -3.50. The first-order valence-corrected chi connectivity index (χ1v) is 9.00. The third-order valence-corrected chi connectivity index (χ3v) is 5.27. The molecular formula is C20H13N3O3S. The van der Waals surface area contributed by atoms with Crippen LogP contribution in [0.1, 0.15) is 4.88 Å². The molecule has 2 aromatic heterocycles. The fourth-order valence-electron chi connectivity index (χ4n) is 2.76. The molecule has 4 aromatic rings. The van der Waals surface area contributed by atoms with Crippen molar-refractivity contribution in [1.82, 2.24) is 10.1 Å². The van der Waals surface area contributed by atoms with Gasteiger partial charge in [-0.3, -0.25) is 4.79 Å². The molecule has 132 valence electrons. The first kappa shape index (κ1) is 16.9. The molecule has 0 bridgehead atoms. The number of carbonyl (C=O) groups is 1. The summed E-state index contributed by atoms with van der Waals surface area (Å²) in [6.07, 6.45) is 0.159. The highest BCUT2D eigenvalue weighted by Crippen LogP contribution is 2.30. The molecule has 2 heterocycles. The Morgan fingerprint density at radius 3 is 2.78 bits per heavy atom. The molecule has 0 aliphatic rings. The SMILES string of the molecule is N#CC(Cc1ccc(-c2noc(-c3ccc4ccccc4c3)n2)s1)C(=O)O. The lowest BCUT2D eigenvalue weighted by molar-refractivity contribution is -0.139. The quantitative estimate of drug-likeness (QED) is 0.555. The smallest absolute Gasteiger partial charge is 0.321 e. The molecule has 0 aliphatic heterocycles. The van der Waals surface area contributed by atoms with Crippen molar-refractivity contribution in [2.24, 2.45) is 5.92 Å². The highest BCUT2D eigenvalue weighted by atomic mass is 32.1. The molecule has 7 heteroatoms. The van der Waals surface area contributed by atoms with Crippen molar-refractivity contribution >= 4 is 28.1 Å². The van der Waals surface area contributed by atoms with Crippen LogP contribution in [0.5, 0.6) is 0 Å². The molecule has 27 heavy (non-hydrogen) atoms. The van der Waals surface area contributed by atoms with E-state index in [1.165, 1.54) is 11.3 Å². The molecule has 2 aromatic carbocycles. The van der Waals surface area contributed by atoms with E-state index in [0.29, 0.717) is 11.7 Å². The van der Waals surface area contributed by atoms with Crippen LogP contribution < -0.4 is 0 Å². The summed E-state index contributed by atoms with van der Waals surface area (Å²) in [4.78, 5) is 17.0. The number of rotatable bonds is 5. The number of hydrogen-bond acceptors (Lipinski definition) is 6. The van der Waals surface area contributed by atoms with Gasteiger partial charge in [0, 0.05) is 16.9 Å². The molecule has 0 saturated heterocycles. The standard InChI is InChI=1S/C20H13N3O3S/c21-11-15(20(24)25)10-16-7-8-17(27-16)18-22-19(26-23-18)14-6-5-12-3-1-2-4-13(12)9-14/h1-9,15H,10H2,(H,24,25). The molecule has 0 spiro atoms. The average molecular weight is 375 g/mol. The van der Waals surface area contributed by atoms with E-state index in [-0.39, 0.29) is 6.42 Å². The average Bonchev–Trinajstić information content (AvgIpc) is 3.35. The van der Waals surface area contributed by atoms with Crippen LogP contribution in [0.15, 0.2) is 59.1 Å². The fourth-order valence-corrected chi connectivity index (χ4v) is 3.74. The Balaban J connectivity index is 1.59. The summed E-state index contributed by atoms with van der Waals surface area (Å²) in [5, 5.41) is 24.2. The van der Waals surface area contributed by atoms with Crippen molar-refractivity contribution in [2.45, 2.75) is 6.42 Å². The summed E-state index contributed by atoms with van der Waals surface area (Å²) >= 11 is 1.36. The first-order valence-electron chi connectivity index (χ1n) is 8.18. The molecular weight excluding hydrogens is 362 g/mol. The summed E-state index contributed by atoms with van der Waals surface area (Å²) in [6, 6.07) is 19.4. The van der Waals surface area contributed by atoms with E-state index in [1.54, 1.807) is 12.1 Å². The second kappa shape index (κ2) is 7.02. The number of benzene rings is 2. The molecule has 6 nitrogen and oxygen atoms in total. The lowest BCUT2D eigenvalue weighted by atomic mass is 10.1. The van der Waals surface area contributed by atoms with E-state index >= 15 is 0 Å². The Kier molecular flexibility index (Phi) is 4.40. The highest BCUT2D eigenvalue weighted by Gasteiger charge is 2.19. The van der Waals surface area contributed by atoms with Crippen molar-refractivity contribution in [3.05, 3.63) is 59.5 Å². The van der Waals surface area contributed by atoms with Crippen LogP contribution in [-0.2, 0) is 11.2 Å². The summed E-state index contributed by atoms with van der Waals surface area (Å²) < 4.78 is 5.40. The summed E-state index contributed by atoms with van der Waals surface area (Å²) in [5.74, 6) is -1.31. The molecule has 0 radical (unpaired) electrons. The van der Waals surface area contributed by atoms with E-state index in [0.717, 1.165) is 26.1 Å². The molecule has 0 fully saturated rings. The zero-order valence-electron chi connectivity index (χ0n) is 14.0. The van der Waals surface area contributed by atoms with E-state index in [1.807, 2.05) is 48.5 Å². The Labute approximate surface area is 158 Å². The maximum atomic E-state index is 11.0. The summed E-state index contributed by atoms with van der Waals surface area (Å²) in [7, 11) is 0. The largest absolute Gasteiger partial charge is 0.480 e. The number of aromatic nitrogens is 2. The van der Waals surface area contributed by atoms with Crippen LogP contribution in [-0.4, -0.2) is 21.2 Å². The second-order valence-corrected chi connectivity index (χ2v) is 7.14. The lowest BCUT2D eigenvalue weighted by Gasteiger charge is -1.99. The molecule has 0 saturated carbocycles. The molecule has 4 rings (SSSR count). The van der Waals surface area contributed by atoms with Crippen LogP contribution in [0.3, 0.4) is 0 Å². The van der Waals surface area contributed by atoms with Crippen LogP contribution in [0.2, 0.25) is 0 Å². The lowest BCUT2D eigenvalue weighted by Crippen LogP contribution is -2.13. The van der Waals surface area contributed by atoms with E-state index in [9.17, 15) is 4.79 Å². The van der Waals surface area contributed by atoms with Crippen LogP contribution in [0, 0.1) is 17.2 Å². The van der Waals surface area contributed by atoms with Crippen molar-refractivity contribution in [3.63, 3.8) is 0 Å². The van der Waals surface area contributed by atoms with Crippen molar-refractivity contribution < 1.29 is 14.4 Å². The zero-order chi connectivity index (χ0) is 18.8. The number of nitriles is 1. The minimum Gasteiger partial charge on any atom is -0.480 e. The molecule has 1 N–H and O–H groups in total. The van der Waals surface area contributed by atoms with Crippen molar-refractivity contribution in [2.75, 3.05) is 0 Å². The molecule has 1 unspecified atom stereocenters. The van der Waals surface area contributed by atoms with Crippen LogP contribution >= 0.6 is 11.3 Å². The number of carboxylic acid groups (broad SMARTS) is 1. The van der Waals surface area contributed by atoms with E-state index < -0.39 is 11.9 Å². The van der Waals surface area contributed by atoms with Crippen molar-refractivity contribution in [1.29, 1.82) is 5.26 Å². The fraction of sp³-hybridized carbons (Fsp3) is 0.100. The van der Waals surface area contributed by atoms with E-state index in [2.05, 4.69) is 10.1 Å². The van der Waals surface area contributed by atoms with Gasteiger partial charge in [-0.05, 0) is 35.0 Å². The second-order valence-electron chi connectivity index (χ2n) is 5.98. The van der Waals surface area contributed by atoms with Gasteiger partial charge in [-0.25, -0.2) is 0 Å². The predicted octanol–water partition coefficient (Wildman–Crippen LogP) is 4.39. The molecule has 0 aliphatic carbocycles. The maximum Gasteiger partial charge on any atom is 0.321 e. The van der Waals surface area contributed by atoms with Crippen LogP contribution in [0.25, 0.3) is 32.9 Å². The number of hydrogen-bond donors (Lipinski definition) is 1. The Bertz CT molecular complexity index is 1170. The van der Waals surface area contributed by atoms with Gasteiger partial charge >= 0.3 is 5.97 Å². The van der Waals surface area contributed by atoms with Gasteiger partial charge in [0.05, 0.1) is 10.9 Å². The predicted molar refractivity (Wildman–Crippen MR) is 101 cm³/mol. The minimum atomic E-state index is -1.12. The highest BCUT2D eigenvalue weighted by molar-refractivity contribution is 7.15. The Morgan fingerprint density at radius 2 is 2.00 bits per heavy atom. The zero-order valence-corrected chi connectivity index (χ0v) is 14.8. The van der Waals surface area contributed by atoms with Crippen molar-refractivity contribution in [3.8, 4) is 28.2 Å². The normalized spacial score (nSPS) is 12.0. The number of aliphatic carboxylic acids is 1. The first-order chi connectivity index (χ1) is 13.1. The van der Waals surface area contributed by atoms with Gasteiger partial charge in [-0.2, -0.15) is 10.2 Å². The van der Waals surface area contributed by atoms with E-state index in [4.69, 9.17) is 14.9 Å². The van der Waals surface area contributed by atoms with Gasteiger partial charge in [0.2, 0.25) is 5.82 Å². The number of carboxylic acids is 1. The third kappa shape index (κ3) is 3.43. The summed E-state index contributed by atoms with van der Waals surface area (Å²) in [5.41, 5.74) is 0.833. The molecule has 0 amide bonds. The van der Waals surface area contributed by atoms with Gasteiger partial charge in [-0.15, -0.1) is 11.3 Å². The number of thiophene rings is 1. The Morgan fingerprint density at radius 1 is 1.19 bits per heavy atom. The van der Waals surface area contributed by atoms with Crippen LogP contribution in [0.4, 0.5) is 0 Å². The topological polar surface area (TPSA) is 100 Å². The van der Waals surface area contributed by atoms with Gasteiger partial charge in [0.25, 0.3) is 5.89 Å². The summed E-state index contributed by atoms with van der Waals surface area (Å²) in [6.45, 7) is 0. The molecule has 1 atom stereocenters. The van der Waals surface area contributed by atoms with Gasteiger partial charge in [-0.1, -0.05) is 35.5 Å². The maximum absolute atomic E-state index is 11.0. The number of fused-ring (bicyclic) bond motifs is 1. The van der Waals surface area contributed by atoms with Gasteiger partial charge in [0.1, 0.15) is 5.92 Å². The van der Waals surface area contributed by atoms with Gasteiger partial charge < -0.3 is 9.63 Å².